The molecule has 0 atom stereocenters. The molecule has 0 bridgehead atoms. The number of nitrogens with zero attached hydrogens (tertiary/aromatic N) is 4. The largest absolute Gasteiger partial charge is 0.379 e. The van der Waals surface area contributed by atoms with Crippen LogP contribution in [0.25, 0.3) is 0 Å². The van der Waals surface area contributed by atoms with Gasteiger partial charge in [0, 0.05) is 12.6 Å². The molecule has 1 aromatic heterocycles. The van der Waals surface area contributed by atoms with Crippen molar-refractivity contribution in [2.24, 2.45) is 0 Å². The SMILES string of the molecule is CC(C)N(CCC#N)C(=O)c1nonc1N. The Labute approximate surface area is 92.8 Å². The zero-order valence-corrected chi connectivity index (χ0v) is 9.17. The third-order valence-corrected chi connectivity index (χ3v) is 2.07. The van der Waals surface area contributed by atoms with Gasteiger partial charge in [-0.3, -0.25) is 4.79 Å². The molecule has 0 aromatic carbocycles. The number of anilines is 1. The fourth-order valence-electron chi connectivity index (χ4n) is 1.24. The first kappa shape index (κ1) is 12.0. The van der Waals surface area contributed by atoms with Crippen molar-refractivity contribution in [1.82, 2.24) is 15.2 Å². The van der Waals surface area contributed by atoms with Crippen LogP contribution in [0.2, 0.25) is 0 Å². The molecule has 0 aliphatic rings. The Morgan fingerprint density at radius 1 is 1.62 bits per heavy atom. The number of hydrogen-bond donors (Lipinski definition) is 1. The first-order chi connectivity index (χ1) is 7.57. The number of nitrogens with two attached hydrogens (primary N) is 1. The van der Waals surface area contributed by atoms with Gasteiger partial charge in [0.25, 0.3) is 5.91 Å². The van der Waals surface area contributed by atoms with Gasteiger partial charge in [0.05, 0.1) is 12.5 Å². The topological polar surface area (TPSA) is 109 Å². The molecule has 0 radical (unpaired) electrons. The Kier molecular flexibility index (Phi) is 3.83. The van der Waals surface area contributed by atoms with Gasteiger partial charge in [0.2, 0.25) is 11.5 Å². The van der Waals surface area contributed by atoms with Crippen LogP contribution in [0.3, 0.4) is 0 Å². The minimum Gasteiger partial charge on any atom is -0.379 e. The maximum atomic E-state index is 11.9. The summed E-state index contributed by atoms with van der Waals surface area (Å²) in [6.45, 7) is 4.03. The van der Waals surface area contributed by atoms with E-state index in [-0.39, 0.29) is 29.9 Å². The predicted molar refractivity (Wildman–Crippen MR) is 55.1 cm³/mol. The number of hydrogen-bond acceptors (Lipinski definition) is 6. The van der Waals surface area contributed by atoms with Crippen molar-refractivity contribution in [1.29, 1.82) is 5.26 Å². The fourth-order valence-corrected chi connectivity index (χ4v) is 1.24. The molecule has 1 rings (SSSR count). The summed E-state index contributed by atoms with van der Waals surface area (Å²) in [5.74, 6) is -0.406. The lowest BCUT2D eigenvalue weighted by Crippen LogP contribution is -2.38. The van der Waals surface area contributed by atoms with E-state index in [4.69, 9.17) is 11.0 Å². The number of amides is 1. The number of nitrogen functional groups attached to an aromatic ring is 1. The smallest absolute Gasteiger partial charge is 0.280 e. The van der Waals surface area contributed by atoms with Crippen LogP contribution in [-0.4, -0.2) is 33.7 Å². The third-order valence-electron chi connectivity index (χ3n) is 2.07. The van der Waals surface area contributed by atoms with Gasteiger partial charge in [0.1, 0.15) is 0 Å². The average molecular weight is 223 g/mol. The Morgan fingerprint density at radius 2 is 2.31 bits per heavy atom. The molecule has 0 fully saturated rings. The summed E-state index contributed by atoms with van der Waals surface area (Å²) in [5, 5.41) is 15.3. The first-order valence-electron chi connectivity index (χ1n) is 4.84. The number of rotatable bonds is 4. The van der Waals surface area contributed by atoms with Crippen LogP contribution in [0.5, 0.6) is 0 Å². The van der Waals surface area contributed by atoms with Gasteiger partial charge in [-0.2, -0.15) is 5.26 Å². The van der Waals surface area contributed by atoms with E-state index in [1.165, 1.54) is 4.90 Å². The normalized spacial score (nSPS) is 10.1. The zero-order valence-electron chi connectivity index (χ0n) is 9.17. The summed E-state index contributed by atoms with van der Waals surface area (Å²) >= 11 is 0. The van der Waals surface area contributed by atoms with Crippen LogP contribution in [0.15, 0.2) is 4.63 Å². The second-order valence-corrected chi connectivity index (χ2v) is 3.50. The lowest BCUT2D eigenvalue weighted by molar-refractivity contribution is 0.0699. The summed E-state index contributed by atoms with van der Waals surface area (Å²) in [6, 6.07) is 1.94. The van der Waals surface area contributed by atoms with Crippen molar-refractivity contribution in [3.63, 3.8) is 0 Å². The monoisotopic (exact) mass is 223 g/mol. The van der Waals surface area contributed by atoms with Crippen LogP contribution in [-0.2, 0) is 0 Å². The molecule has 16 heavy (non-hydrogen) atoms. The van der Waals surface area contributed by atoms with E-state index in [2.05, 4.69) is 14.9 Å². The van der Waals surface area contributed by atoms with Crippen molar-refractivity contribution >= 4 is 11.7 Å². The second-order valence-electron chi connectivity index (χ2n) is 3.50. The maximum Gasteiger partial charge on any atom is 0.280 e. The van der Waals surface area contributed by atoms with Crippen molar-refractivity contribution in [3.8, 4) is 6.07 Å². The highest BCUT2D eigenvalue weighted by Crippen LogP contribution is 2.11. The molecule has 86 valence electrons. The minimum absolute atomic E-state index is 0.00774. The average Bonchev–Trinajstić information content (AvgIpc) is 2.64. The molecular formula is C9H13N5O2. The Bertz CT molecular complexity index is 406. The van der Waals surface area contributed by atoms with Crippen LogP contribution in [0.1, 0.15) is 30.8 Å². The molecule has 7 heteroatoms. The summed E-state index contributed by atoms with van der Waals surface area (Å²) in [6.07, 6.45) is 0.259. The zero-order chi connectivity index (χ0) is 12.1. The van der Waals surface area contributed by atoms with Gasteiger partial charge in [-0.25, -0.2) is 4.63 Å². The molecule has 1 heterocycles. The van der Waals surface area contributed by atoms with Crippen molar-refractivity contribution in [3.05, 3.63) is 5.69 Å². The summed E-state index contributed by atoms with van der Waals surface area (Å²) in [4.78, 5) is 13.4. The molecule has 0 aliphatic heterocycles. The molecule has 0 spiro atoms. The molecular weight excluding hydrogens is 210 g/mol. The Balaban J connectivity index is 2.84. The van der Waals surface area contributed by atoms with Crippen LogP contribution >= 0.6 is 0 Å². The quantitative estimate of drug-likeness (QED) is 0.791. The predicted octanol–water partition coefficient (Wildman–Crippen LogP) is 0.416. The van der Waals surface area contributed by atoms with Crippen molar-refractivity contribution in [2.45, 2.75) is 26.3 Å². The molecule has 0 saturated carbocycles. The number of nitriles is 1. The number of carbonyl (C=O) groups is 1. The minimum atomic E-state index is -0.371. The fraction of sp³-hybridized carbons (Fsp3) is 0.556. The Morgan fingerprint density at radius 3 is 2.75 bits per heavy atom. The van der Waals surface area contributed by atoms with Crippen LogP contribution in [0.4, 0.5) is 5.82 Å². The van der Waals surface area contributed by atoms with E-state index < -0.39 is 0 Å². The highest BCUT2D eigenvalue weighted by atomic mass is 16.6. The van der Waals surface area contributed by atoms with E-state index >= 15 is 0 Å². The molecule has 1 amide bonds. The second kappa shape index (κ2) is 5.11. The van der Waals surface area contributed by atoms with Crippen LogP contribution < -0.4 is 5.73 Å². The summed E-state index contributed by atoms with van der Waals surface area (Å²) in [5.41, 5.74) is 5.42. The van der Waals surface area contributed by atoms with Gasteiger partial charge in [-0.15, -0.1) is 0 Å². The Hall–Kier alpha value is -2.10. The molecule has 0 aliphatic carbocycles. The molecule has 7 nitrogen and oxygen atoms in total. The highest BCUT2D eigenvalue weighted by Gasteiger charge is 2.24. The molecule has 0 unspecified atom stereocenters. The summed E-state index contributed by atoms with van der Waals surface area (Å²) in [7, 11) is 0. The van der Waals surface area contributed by atoms with Gasteiger partial charge >= 0.3 is 0 Å². The molecule has 0 saturated heterocycles. The van der Waals surface area contributed by atoms with Gasteiger partial charge in [-0.05, 0) is 24.2 Å². The van der Waals surface area contributed by atoms with Gasteiger partial charge < -0.3 is 10.6 Å². The first-order valence-corrected chi connectivity index (χ1v) is 4.84. The van der Waals surface area contributed by atoms with Crippen molar-refractivity contribution in [2.75, 3.05) is 12.3 Å². The molecule has 2 N–H and O–H groups in total. The lowest BCUT2D eigenvalue weighted by Gasteiger charge is -2.24. The highest BCUT2D eigenvalue weighted by molar-refractivity contribution is 5.96. The van der Waals surface area contributed by atoms with E-state index in [0.717, 1.165) is 0 Å². The van der Waals surface area contributed by atoms with E-state index in [1.54, 1.807) is 0 Å². The standard InChI is InChI=1S/C9H13N5O2/c1-6(2)14(5-3-4-10)9(15)7-8(11)13-16-12-7/h6H,3,5H2,1-2H3,(H2,11,13). The summed E-state index contributed by atoms with van der Waals surface area (Å²) < 4.78 is 4.36. The van der Waals surface area contributed by atoms with E-state index in [1.807, 2.05) is 19.9 Å². The van der Waals surface area contributed by atoms with E-state index in [0.29, 0.717) is 6.54 Å². The number of aromatic nitrogens is 2. The molecule has 1 aromatic rings. The van der Waals surface area contributed by atoms with Gasteiger partial charge in [-0.1, -0.05) is 0 Å². The van der Waals surface area contributed by atoms with Gasteiger partial charge in [0.15, 0.2) is 0 Å². The third kappa shape index (κ3) is 2.48. The lowest BCUT2D eigenvalue weighted by atomic mass is 10.2. The van der Waals surface area contributed by atoms with E-state index in [9.17, 15) is 4.79 Å². The van der Waals surface area contributed by atoms with Crippen LogP contribution in [0, 0.1) is 11.3 Å². The maximum absolute atomic E-state index is 11.9. The van der Waals surface area contributed by atoms with Crippen molar-refractivity contribution < 1.29 is 9.42 Å². The number of carbonyl (C=O) groups excluding carboxylic acids is 1.